The van der Waals surface area contributed by atoms with Gasteiger partial charge in [0.1, 0.15) is 5.82 Å². The van der Waals surface area contributed by atoms with Crippen LogP contribution in [0.2, 0.25) is 5.02 Å². The van der Waals surface area contributed by atoms with Crippen LogP contribution >= 0.6 is 11.6 Å². The van der Waals surface area contributed by atoms with Gasteiger partial charge in [-0.25, -0.2) is 4.39 Å². The molecule has 0 unspecified atom stereocenters. The number of ketones is 1. The normalized spacial score (nSPS) is 24.8. The maximum absolute atomic E-state index is 14.7. The van der Waals surface area contributed by atoms with Crippen molar-refractivity contribution in [3.63, 3.8) is 0 Å². The molecule has 0 radical (unpaired) electrons. The number of carboxylic acids is 1. The van der Waals surface area contributed by atoms with E-state index in [1.807, 2.05) is 0 Å². The smallest absolute Gasteiger partial charge is 0.433 e. The Kier molecular flexibility index (Phi) is 8.57. The Morgan fingerprint density at radius 2 is 1.85 bits per heavy atom. The number of carbonyl (C=O) groups excluding carboxylic acids is 2. The van der Waals surface area contributed by atoms with Gasteiger partial charge in [0.05, 0.1) is 52.5 Å². The zero-order valence-electron chi connectivity index (χ0n) is 23.0. The maximum atomic E-state index is 14.7. The van der Waals surface area contributed by atoms with E-state index < -0.39 is 70.1 Å². The van der Waals surface area contributed by atoms with Gasteiger partial charge >= 0.3 is 12.1 Å². The number of nitrogens with zero attached hydrogens (tertiary/aromatic N) is 3. The third-order valence-electron chi connectivity index (χ3n) is 8.13. The molecule has 1 atom stereocenters. The monoisotopic (exact) mass is 601 g/mol. The van der Waals surface area contributed by atoms with Crippen LogP contribution in [0, 0.1) is 18.2 Å². The summed E-state index contributed by atoms with van der Waals surface area (Å²) in [6.45, 7) is 4.26. The lowest BCUT2D eigenvalue weighted by Gasteiger charge is -2.35. The summed E-state index contributed by atoms with van der Waals surface area (Å²) in [6, 6.07) is 1.72. The third-order valence-corrected chi connectivity index (χ3v) is 8.43. The lowest BCUT2D eigenvalue weighted by Crippen LogP contribution is -2.46. The maximum Gasteiger partial charge on any atom is 0.433 e. The highest BCUT2D eigenvalue weighted by atomic mass is 35.5. The molecule has 4 rings (SSSR count). The fourth-order valence-electron chi connectivity index (χ4n) is 5.73. The molecule has 0 spiro atoms. The molecule has 2 aromatic rings. The van der Waals surface area contributed by atoms with Crippen molar-refractivity contribution in [2.75, 3.05) is 19.7 Å². The standard InChI is InChI=1S/C28H32ClF4N3O5/c1-16-11-19(29)22(20(30)12-16)21(37)14-35(15-27(3)7-4-10-41-27)24(38)18-13-34-36(23(18)28(31,32)33)17-5-8-26(2,9-6-17)25(39)40/h11-13,17H,4-10,14-15H2,1-3H3,(H,39,40)/t17?,26?,27-/m0/s1. The van der Waals surface area contributed by atoms with Crippen molar-refractivity contribution in [2.45, 2.75) is 77.1 Å². The molecular weight excluding hydrogens is 570 g/mol. The van der Waals surface area contributed by atoms with E-state index in [1.54, 1.807) is 20.8 Å². The minimum atomic E-state index is -4.98. The van der Waals surface area contributed by atoms with Crippen LogP contribution < -0.4 is 0 Å². The van der Waals surface area contributed by atoms with E-state index in [-0.39, 0.29) is 37.3 Å². The first-order valence-electron chi connectivity index (χ1n) is 13.3. The second kappa shape index (κ2) is 11.4. The Morgan fingerprint density at radius 3 is 2.39 bits per heavy atom. The molecule has 1 saturated heterocycles. The molecule has 224 valence electrons. The number of carbonyl (C=O) groups is 3. The van der Waals surface area contributed by atoms with Gasteiger partial charge in [-0.15, -0.1) is 0 Å². The van der Waals surface area contributed by atoms with E-state index in [9.17, 15) is 37.1 Å². The van der Waals surface area contributed by atoms with Crippen molar-refractivity contribution in [1.29, 1.82) is 0 Å². The summed E-state index contributed by atoms with van der Waals surface area (Å²) in [5, 5.41) is 13.3. The quantitative estimate of drug-likeness (QED) is 0.290. The number of benzene rings is 1. The second-order valence-corrected chi connectivity index (χ2v) is 11.9. The first-order valence-corrected chi connectivity index (χ1v) is 13.7. The molecule has 2 aliphatic rings. The topological polar surface area (TPSA) is 102 Å². The van der Waals surface area contributed by atoms with Gasteiger partial charge in [-0.3, -0.25) is 19.1 Å². The van der Waals surface area contributed by atoms with Crippen LogP contribution in [-0.4, -0.2) is 62.7 Å². The largest absolute Gasteiger partial charge is 0.481 e. The zero-order valence-corrected chi connectivity index (χ0v) is 23.7. The SMILES string of the molecule is Cc1cc(F)c(C(=O)CN(C[C@]2(C)CCCO2)C(=O)c2cnn(C3CCC(C)(C(=O)O)CC3)c2C(F)(F)F)c(Cl)c1. The molecular formula is C28H32ClF4N3O5. The molecule has 1 amide bonds. The van der Waals surface area contributed by atoms with E-state index >= 15 is 0 Å². The minimum Gasteiger partial charge on any atom is -0.481 e. The summed E-state index contributed by atoms with van der Waals surface area (Å²) < 4.78 is 64.6. The average molecular weight is 602 g/mol. The Balaban J connectivity index is 1.69. The predicted octanol–water partition coefficient (Wildman–Crippen LogP) is 6.10. The van der Waals surface area contributed by atoms with Gasteiger partial charge in [0, 0.05) is 6.61 Å². The van der Waals surface area contributed by atoms with Crippen LogP contribution in [0.1, 0.15) is 90.4 Å². The fraction of sp³-hybridized carbons (Fsp3) is 0.571. The minimum absolute atomic E-state index is 0.125. The van der Waals surface area contributed by atoms with Gasteiger partial charge in [0.15, 0.2) is 11.5 Å². The summed E-state index contributed by atoms with van der Waals surface area (Å²) in [7, 11) is 0. The van der Waals surface area contributed by atoms with Crippen molar-refractivity contribution < 1.29 is 41.8 Å². The number of hydrogen-bond donors (Lipinski definition) is 1. The molecule has 2 heterocycles. The molecule has 8 nitrogen and oxygen atoms in total. The number of halogens is 5. The lowest BCUT2D eigenvalue weighted by atomic mass is 9.74. The van der Waals surface area contributed by atoms with Gasteiger partial charge in [0.2, 0.25) is 0 Å². The van der Waals surface area contributed by atoms with Gasteiger partial charge in [-0.1, -0.05) is 11.6 Å². The van der Waals surface area contributed by atoms with Crippen molar-refractivity contribution >= 4 is 29.3 Å². The number of amides is 1. The molecule has 1 aliphatic heterocycles. The van der Waals surface area contributed by atoms with Crippen LogP contribution in [0.15, 0.2) is 18.3 Å². The first kappa shape index (κ1) is 31.0. The summed E-state index contributed by atoms with van der Waals surface area (Å²) >= 11 is 6.13. The number of alkyl halides is 3. The molecule has 0 bridgehead atoms. The van der Waals surface area contributed by atoms with Gasteiger partial charge in [-0.05, 0) is 77.0 Å². The Labute approximate surface area is 239 Å². The Morgan fingerprint density at radius 1 is 1.20 bits per heavy atom. The van der Waals surface area contributed by atoms with Crippen LogP contribution in [0.4, 0.5) is 17.6 Å². The number of hydrogen-bond acceptors (Lipinski definition) is 5. The zero-order chi connectivity index (χ0) is 30.3. The number of carboxylic acid groups (broad SMARTS) is 1. The fourth-order valence-corrected chi connectivity index (χ4v) is 6.10. The van der Waals surface area contributed by atoms with Crippen molar-refractivity contribution in [3.8, 4) is 0 Å². The highest BCUT2D eigenvalue weighted by molar-refractivity contribution is 6.34. The van der Waals surface area contributed by atoms with E-state index in [1.165, 1.54) is 6.07 Å². The summed E-state index contributed by atoms with van der Waals surface area (Å²) in [5.74, 6) is -3.89. The van der Waals surface area contributed by atoms with Crippen LogP contribution in [0.25, 0.3) is 0 Å². The Hall–Kier alpha value is -2.99. The lowest BCUT2D eigenvalue weighted by molar-refractivity contribution is -0.152. The van der Waals surface area contributed by atoms with E-state index in [0.717, 1.165) is 21.8 Å². The van der Waals surface area contributed by atoms with Gasteiger partial charge in [0.25, 0.3) is 5.91 Å². The van der Waals surface area contributed by atoms with Crippen LogP contribution in [-0.2, 0) is 15.7 Å². The molecule has 1 aromatic heterocycles. The van der Waals surface area contributed by atoms with Crippen molar-refractivity contribution in [2.24, 2.45) is 5.41 Å². The first-order chi connectivity index (χ1) is 19.0. The predicted molar refractivity (Wildman–Crippen MR) is 140 cm³/mol. The summed E-state index contributed by atoms with van der Waals surface area (Å²) in [4.78, 5) is 39.5. The molecule has 1 saturated carbocycles. The molecule has 1 aliphatic carbocycles. The highest BCUT2D eigenvalue weighted by Crippen LogP contribution is 2.43. The van der Waals surface area contributed by atoms with E-state index in [0.29, 0.717) is 25.0 Å². The number of aromatic nitrogens is 2. The van der Waals surface area contributed by atoms with Crippen LogP contribution in [0.3, 0.4) is 0 Å². The van der Waals surface area contributed by atoms with Crippen LogP contribution in [0.5, 0.6) is 0 Å². The third kappa shape index (κ3) is 6.43. The van der Waals surface area contributed by atoms with E-state index in [2.05, 4.69) is 5.10 Å². The molecule has 1 N–H and O–H groups in total. The molecule has 41 heavy (non-hydrogen) atoms. The summed E-state index contributed by atoms with van der Waals surface area (Å²) in [6.07, 6.45) is -2.45. The highest BCUT2D eigenvalue weighted by Gasteiger charge is 2.46. The molecule has 1 aromatic carbocycles. The number of rotatable bonds is 8. The molecule has 2 fully saturated rings. The van der Waals surface area contributed by atoms with Crippen molar-refractivity contribution in [3.05, 3.63) is 51.6 Å². The van der Waals surface area contributed by atoms with Gasteiger partial charge in [-0.2, -0.15) is 18.3 Å². The average Bonchev–Trinajstić information content (AvgIpc) is 3.50. The number of Topliss-reactive ketones (excluding diaryl/α,β-unsaturated/α-hetero) is 1. The number of aliphatic carboxylic acids is 1. The second-order valence-electron chi connectivity index (χ2n) is 11.5. The van der Waals surface area contributed by atoms with E-state index in [4.69, 9.17) is 16.3 Å². The Bertz CT molecular complexity index is 1320. The molecule has 13 heteroatoms. The number of aryl methyl sites for hydroxylation is 1. The van der Waals surface area contributed by atoms with Gasteiger partial charge < -0.3 is 14.7 Å². The summed E-state index contributed by atoms with van der Waals surface area (Å²) in [5.41, 5.74) is -4.00. The number of ether oxygens (including phenoxy) is 1. The van der Waals surface area contributed by atoms with Crippen molar-refractivity contribution in [1.82, 2.24) is 14.7 Å².